The van der Waals surface area contributed by atoms with Gasteiger partial charge in [-0.05, 0) is 39.3 Å². The second-order valence-corrected chi connectivity index (χ2v) is 8.69. The Kier molecular flexibility index (Phi) is 7.02. The lowest BCUT2D eigenvalue weighted by atomic mass is 10.1. The molecule has 0 aromatic heterocycles. The Morgan fingerprint density at radius 3 is 2.44 bits per heavy atom. The van der Waals surface area contributed by atoms with Gasteiger partial charge >= 0.3 is 0 Å². The van der Waals surface area contributed by atoms with Crippen molar-refractivity contribution in [2.45, 2.75) is 82.7 Å². The molecule has 0 unspecified atom stereocenters. The van der Waals surface area contributed by atoms with Crippen LogP contribution in [0.15, 0.2) is 29.2 Å². The summed E-state index contributed by atoms with van der Waals surface area (Å²) in [6, 6.07) is 6.69. The van der Waals surface area contributed by atoms with Crippen molar-refractivity contribution >= 4 is 10.1 Å². The quantitative estimate of drug-likeness (QED) is 0.482. The minimum Gasteiger partial charge on any atom is -0.348 e. The van der Waals surface area contributed by atoms with Gasteiger partial charge in [0.25, 0.3) is 10.1 Å². The van der Waals surface area contributed by atoms with Crippen LogP contribution in [-0.4, -0.2) is 33.0 Å². The second kappa shape index (κ2) is 8.62. The van der Waals surface area contributed by atoms with E-state index in [1.807, 2.05) is 20.8 Å². The summed E-state index contributed by atoms with van der Waals surface area (Å²) in [6.45, 7) is 8.06. The largest absolute Gasteiger partial charge is 0.348 e. The van der Waals surface area contributed by atoms with Gasteiger partial charge in [-0.25, -0.2) is 0 Å². The summed E-state index contributed by atoms with van der Waals surface area (Å²) in [5.74, 6) is -0.705. The highest BCUT2D eigenvalue weighted by Gasteiger charge is 2.39. The molecule has 2 atom stereocenters. The molecule has 0 N–H and O–H groups in total. The molecule has 1 aromatic carbocycles. The molecule has 1 aromatic rings. The van der Waals surface area contributed by atoms with Gasteiger partial charge < -0.3 is 9.47 Å². The number of hydrogen-bond acceptors (Lipinski definition) is 5. The van der Waals surface area contributed by atoms with E-state index in [0.717, 1.165) is 31.2 Å². The number of rotatable bonds is 9. The van der Waals surface area contributed by atoms with Gasteiger partial charge in [-0.1, -0.05) is 50.3 Å². The summed E-state index contributed by atoms with van der Waals surface area (Å²) >= 11 is 0. The van der Waals surface area contributed by atoms with Crippen LogP contribution in [0.4, 0.5) is 0 Å². The van der Waals surface area contributed by atoms with Crippen LogP contribution in [0, 0.1) is 6.92 Å². The lowest BCUT2D eigenvalue weighted by Gasteiger charge is -2.24. The van der Waals surface area contributed by atoms with E-state index in [1.54, 1.807) is 24.3 Å². The van der Waals surface area contributed by atoms with E-state index in [1.165, 1.54) is 0 Å². The zero-order valence-corrected chi connectivity index (χ0v) is 16.5. The molecule has 0 aliphatic carbocycles. The van der Waals surface area contributed by atoms with Crippen molar-refractivity contribution in [1.82, 2.24) is 0 Å². The van der Waals surface area contributed by atoms with E-state index < -0.39 is 22.0 Å². The molecule has 0 bridgehead atoms. The van der Waals surface area contributed by atoms with Crippen LogP contribution < -0.4 is 0 Å². The summed E-state index contributed by atoms with van der Waals surface area (Å²) in [6.07, 6.45) is 3.94. The average molecular weight is 371 g/mol. The van der Waals surface area contributed by atoms with Crippen LogP contribution in [0.3, 0.4) is 0 Å². The fraction of sp³-hybridized carbons (Fsp3) is 0.684. The third-order valence-electron chi connectivity index (χ3n) is 4.35. The number of benzene rings is 1. The highest BCUT2D eigenvalue weighted by molar-refractivity contribution is 7.86. The molecule has 0 saturated carbocycles. The van der Waals surface area contributed by atoms with Crippen molar-refractivity contribution in [3.05, 3.63) is 29.8 Å². The molecule has 5 nitrogen and oxygen atoms in total. The Morgan fingerprint density at radius 2 is 1.88 bits per heavy atom. The second-order valence-electron chi connectivity index (χ2n) is 7.12. The molecule has 0 spiro atoms. The first-order valence-corrected chi connectivity index (χ1v) is 10.5. The third kappa shape index (κ3) is 6.06. The molecule has 142 valence electrons. The number of hydrogen-bond donors (Lipinski definition) is 0. The zero-order valence-electron chi connectivity index (χ0n) is 15.7. The van der Waals surface area contributed by atoms with Gasteiger partial charge in [-0.2, -0.15) is 8.42 Å². The van der Waals surface area contributed by atoms with Crippen LogP contribution in [0.5, 0.6) is 0 Å². The predicted molar refractivity (Wildman–Crippen MR) is 96.9 cm³/mol. The molecule has 1 aliphatic rings. The molecule has 1 fully saturated rings. The van der Waals surface area contributed by atoms with Gasteiger partial charge in [0.1, 0.15) is 12.2 Å². The summed E-state index contributed by atoms with van der Waals surface area (Å²) in [7, 11) is -3.83. The minimum atomic E-state index is -3.83. The number of unbranched alkanes of at least 4 members (excludes halogenated alkanes) is 3. The lowest BCUT2D eigenvalue weighted by molar-refractivity contribution is -0.149. The molecule has 2 rings (SSSR count). The SMILES string of the molecule is CCCCCC[C@H](OS(=O)(=O)c1ccc(C)cc1)[C@@H]1COC(C)(C)O1. The van der Waals surface area contributed by atoms with E-state index in [-0.39, 0.29) is 11.0 Å². The molecule has 1 saturated heterocycles. The molecular weight excluding hydrogens is 340 g/mol. The molecule has 6 heteroatoms. The van der Waals surface area contributed by atoms with Gasteiger partial charge in [0.15, 0.2) is 5.79 Å². The Hall–Kier alpha value is -0.950. The fourth-order valence-corrected chi connectivity index (χ4v) is 4.02. The van der Waals surface area contributed by atoms with E-state index >= 15 is 0 Å². The van der Waals surface area contributed by atoms with Crippen molar-refractivity contribution < 1.29 is 22.1 Å². The maximum Gasteiger partial charge on any atom is 0.297 e. The summed E-state index contributed by atoms with van der Waals surface area (Å²) in [5, 5.41) is 0. The van der Waals surface area contributed by atoms with Gasteiger partial charge in [0.2, 0.25) is 0 Å². The van der Waals surface area contributed by atoms with E-state index in [0.29, 0.717) is 13.0 Å². The Bertz CT molecular complexity index is 636. The Morgan fingerprint density at radius 1 is 1.20 bits per heavy atom. The van der Waals surface area contributed by atoms with E-state index in [4.69, 9.17) is 13.7 Å². The highest BCUT2D eigenvalue weighted by Crippen LogP contribution is 2.29. The molecule has 25 heavy (non-hydrogen) atoms. The minimum absolute atomic E-state index is 0.176. The van der Waals surface area contributed by atoms with Crippen molar-refractivity contribution in [3.8, 4) is 0 Å². The Labute approximate surface area is 151 Å². The van der Waals surface area contributed by atoms with E-state index in [2.05, 4.69) is 6.92 Å². The van der Waals surface area contributed by atoms with Crippen LogP contribution in [-0.2, 0) is 23.8 Å². The molecule has 1 heterocycles. The molecule has 0 amide bonds. The first kappa shape index (κ1) is 20.4. The van der Waals surface area contributed by atoms with Crippen LogP contribution in [0.25, 0.3) is 0 Å². The maximum atomic E-state index is 12.6. The van der Waals surface area contributed by atoms with Gasteiger partial charge in [0.05, 0.1) is 11.5 Å². The predicted octanol–water partition coefficient (Wildman–Crippen LogP) is 4.19. The first-order chi connectivity index (χ1) is 11.7. The zero-order chi connectivity index (χ0) is 18.5. The molecular formula is C19H30O5S. The highest BCUT2D eigenvalue weighted by atomic mass is 32.2. The van der Waals surface area contributed by atoms with Gasteiger partial charge in [-0.15, -0.1) is 0 Å². The summed E-state index contributed by atoms with van der Waals surface area (Å²) < 4.78 is 42.3. The van der Waals surface area contributed by atoms with Crippen molar-refractivity contribution in [3.63, 3.8) is 0 Å². The van der Waals surface area contributed by atoms with Crippen LogP contribution in [0.1, 0.15) is 58.4 Å². The van der Waals surface area contributed by atoms with Gasteiger partial charge in [0, 0.05) is 0 Å². The topological polar surface area (TPSA) is 61.8 Å². The lowest BCUT2D eigenvalue weighted by Crippen LogP contribution is -2.34. The number of ether oxygens (including phenoxy) is 2. The monoisotopic (exact) mass is 370 g/mol. The van der Waals surface area contributed by atoms with Crippen LogP contribution in [0.2, 0.25) is 0 Å². The third-order valence-corrected chi connectivity index (χ3v) is 5.70. The normalized spacial score (nSPS) is 21.4. The first-order valence-electron chi connectivity index (χ1n) is 9.05. The smallest absolute Gasteiger partial charge is 0.297 e. The Balaban J connectivity index is 2.09. The maximum absolute atomic E-state index is 12.6. The number of aryl methyl sites for hydroxylation is 1. The van der Waals surface area contributed by atoms with Crippen molar-refractivity contribution in [2.24, 2.45) is 0 Å². The average Bonchev–Trinajstić information content (AvgIpc) is 2.91. The molecule has 1 aliphatic heterocycles. The van der Waals surface area contributed by atoms with Crippen molar-refractivity contribution in [1.29, 1.82) is 0 Å². The van der Waals surface area contributed by atoms with E-state index in [9.17, 15) is 8.42 Å². The standard InChI is InChI=1S/C19H30O5S/c1-5-6-7-8-9-17(18-14-22-19(3,4)23-18)24-25(20,21)16-12-10-15(2)11-13-16/h10-13,17-18H,5-9,14H2,1-4H3/t17-,18-/m0/s1. The summed E-state index contributed by atoms with van der Waals surface area (Å²) in [5.41, 5.74) is 1.00. The molecule has 0 radical (unpaired) electrons. The van der Waals surface area contributed by atoms with Gasteiger partial charge in [-0.3, -0.25) is 4.18 Å². The van der Waals surface area contributed by atoms with Crippen molar-refractivity contribution in [2.75, 3.05) is 6.61 Å². The summed E-state index contributed by atoms with van der Waals surface area (Å²) in [4.78, 5) is 0.176. The fourth-order valence-electron chi connectivity index (χ4n) is 2.89. The van der Waals surface area contributed by atoms with Crippen LogP contribution >= 0.6 is 0 Å².